The number of methoxy groups -OCH3 is 1. The van der Waals surface area contributed by atoms with Gasteiger partial charge in [-0.15, -0.1) is 0 Å². The van der Waals surface area contributed by atoms with Gasteiger partial charge in [0.1, 0.15) is 6.61 Å². The molecule has 0 radical (unpaired) electrons. The third kappa shape index (κ3) is 6.30. The molecule has 1 aliphatic heterocycles. The van der Waals surface area contributed by atoms with Crippen molar-refractivity contribution < 1.29 is 19.1 Å². The summed E-state index contributed by atoms with van der Waals surface area (Å²) in [6.07, 6.45) is 0.198. The molecule has 1 fully saturated rings. The molecule has 3 atom stereocenters. The summed E-state index contributed by atoms with van der Waals surface area (Å²) >= 11 is 0. The second-order valence-electron chi connectivity index (χ2n) is 7.45. The van der Waals surface area contributed by atoms with Gasteiger partial charge in [0.15, 0.2) is 0 Å². The van der Waals surface area contributed by atoms with Crippen LogP contribution in [0.1, 0.15) is 27.7 Å². The summed E-state index contributed by atoms with van der Waals surface area (Å²) in [6.45, 7) is 9.61. The quantitative estimate of drug-likeness (QED) is 0.762. The zero-order chi connectivity index (χ0) is 20.0. The Morgan fingerprint density at radius 1 is 1.19 bits per heavy atom. The van der Waals surface area contributed by atoms with E-state index < -0.39 is 0 Å². The molecule has 2 amide bonds. The third-order valence-electron chi connectivity index (χ3n) is 4.43. The standard InChI is InChI=1S/C20H31N3O4/c1-13(2)19(23-10-14(3)27-15(4)11-23)20(25)22-17-8-6-7-16(9-17)21-18(24)12-26-5/h6-9,13-15,19H,10-12H2,1-5H3,(H,21,24)(H,22,25)/t14-,15-,19+/m1/s1. The SMILES string of the molecule is COCC(=O)Nc1cccc(NC(=O)[C@H](C(C)C)N2C[C@@H](C)O[C@H](C)C2)c1. The summed E-state index contributed by atoms with van der Waals surface area (Å²) in [6, 6.07) is 6.88. The highest BCUT2D eigenvalue weighted by atomic mass is 16.5. The van der Waals surface area contributed by atoms with Crippen LogP contribution in [0.5, 0.6) is 0 Å². The number of carbonyl (C=O) groups excluding carboxylic acids is 2. The number of rotatable bonds is 7. The first-order valence-electron chi connectivity index (χ1n) is 9.39. The molecule has 0 bridgehead atoms. The predicted molar refractivity (Wildman–Crippen MR) is 106 cm³/mol. The topological polar surface area (TPSA) is 79.9 Å². The van der Waals surface area contributed by atoms with E-state index in [2.05, 4.69) is 29.4 Å². The number of hydrogen-bond donors (Lipinski definition) is 2. The number of nitrogens with zero attached hydrogens (tertiary/aromatic N) is 1. The number of anilines is 2. The average Bonchev–Trinajstić information content (AvgIpc) is 2.54. The molecule has 7 heteroatoms. The second kappa shape index (κ2) is 9.82. The first kappa shape index (κ1) is 21.3. The monoisotopic (exact) mass is 377 g/mol. The molecule has 0 aromatic heterocycles. The molecule has 27 heavy (non-hydrogen) atoms. The summed E-state index contributed by atoms with van der Waals surface area (Å²) in [5.74, 6) is -0.129. The second-order valence-corrected chi connectivity index (χ2v) is 7.45. The van der Waals surface area contributed by atoms with Gasteiger partial charge in [0.2, 0.25) is 11.8 Å². The summed E-state index contributed by atoms with van der Waals surface area (Å²) < 4.78 is 10.6. The molecule has 1 aromatic rings. The van der Waals surface area contributed by atoms with Crippen LogP contribution in [0.25, 0.3) is 0 Å². The van der Waals surface area contributed by atoms with Crippen LogP contribution < -0.4 is 10.6 Å². The van der Waals surface area contributed by atoms with Crippen LogP contribution >= 0.6 is 0 Å². The number of amides is 2. The molecule has 0 unspecified atom stereocenters. The van der Waals surface area contributed by atoms with E-state index >= 15 is 0 Å². The molecule has 150 valence electrons. The van der Waals surface area contributed by atoms with Crippen LogP contribution in [-0.4, -0.2) is 61.8 Å². The smallest absolute Gasteiger partial charge is 0.250 e. The Hall–Kier alpha value is -1.96. The predicted octanol–water partition coefficient (Wildman–Crippen LogP) is 2.34. The fourth-order valence-electron chi connectivity index (χ4n) is 3.55. The van der Waals surface area contributed by atoms with Gasteiger partial charge in [0.05, 0.1) is 18.2 Å². The van der Waals surface area contributed by atoms with E-state index in [0.717, 1.165) is 13.1 Å². The van der Waals surface area contributed by atoms with Crippen LogP contribution in [0.15, 0.2) is 24.3 Å². The molecule has 1 heterocycles. The van der Waals surface area contributed by atoms with E-state index in [4.69, 9.17) is 9.47 Å². The van der Waals surface area contributed by atoms with Crippen molar-refractivity contribution in [1.82, 2.24) is 4.90 Å². The lowest BCUT2D eigenvalue weighted by Gasteiger charge is -2.41. The van der Waals surface area contributed by atoms with Crippen LogP contribution in [0.3, 0.4) is 0 Å². The molecule has 1 aliphatic rings. The Bertz CT molecular complexity index is 640. The van der Waals surface area contributed by atoms with Crippen LogP contribution in [0, 0.1) is 5.92 Å². The highest BCUT2D eigenvalue weighted by Crippen LogP contribution is 2.21. The minimum atomic E-state index is -0.245. The minimum absolute atomic E-state index is 0.0145. The Morgan fingerprint density at radius 3 is 2.33 bits per heavy atom. The van der Waals surface area contributed by atoms with Crippen molar-refractivity contribution in [2.24, 2.45) is 5.92 Å². The van der Waals surface area contributed by atoms with Gasteiger partial charge in [0, 0.05) is 31.6 Å². The maximum absolute atomic E-state index is 13.0. The van der Waals surface area contributed by atoms with E-state index in [9.17, 15) is 9.59 Å². The highest BCUT2D eigenvalue weighted by molar-refractivity contribution is 5.96. The number of morpholine rings is 1. The zero-order valence-corrected chi connectivity index (χ0v) is 16.8. The van der Waals surface area contributed by atoms with Crippen molar-refractivity contribution in [3.8, 4) is 0 Å². The molecule has 2 N–H and O–H groups in total. The molecule has 7 nitrogen and oxygen atoms in total. The van der Waals surface area contributed by atoms with Gasteiger partial charge in [-0.05, 0) is 38.0 Å². The highest BCUT2D eigenvalue weighted by Gasteiger charge is 2.34. The van der Waals surface area contributed by atoms with E-state index in [-0.39, 0.29) is 42.6 Å². The van der Waals surface area contributed by atoms with E-state index in [1.807, 2.05) is 19.9 Å². The third-order valence-corrected chi connectivity index (χ3v) is 4.43. The van der Waals surface area contributed by atoms with Crippen LogP contribution in [-0.2, 0) is 19.1 Å². The number of hydrogen-bond acceptors (Lipinski definition) is 5. The van der Waals surface area contributed by atoms with E-state index in [0.29, 0.717) is 11.4 Å². The molecule has 1 aromatic carbocycles. The van der Waals surface area contributed by atoms with Gasteiger partial charge in [-0.3, -0.25) is 14.5 Å². The van der Waals surface area contributed by atoms with Crippen LogP contribution in [0.2, 0.25) is 0 Å². The summed E-state index contributed by atoms with van der Waals surface area (Å²) in [5, 5.41) is 5.73. The van der Waals surface area contributed by atoms with Crippen molar-refractivity contribution in [1.29, 1.82) is 0 Å². The maximum Gasteiger partial charge on any atom is 0.250 e. The van der Waals surface area contributed by atoms with Gasteiger partial charge >= 0.3 is 0 Å². The molecule has 1 saturated heterocycles. The number of ether oxygens (including phenoxy) is 2. The van der Waals surface area contributed by atoms with Gasteiger partial charge in [-0.1, -0.05) is 19.9 Å². The van der Waals surface area contributed by atoms with Crippen molar-refractivity contribution in [2.45, 2.75) is 45.9 Å². The maximum atomic E-state index is 13.0. The Kier molecular flexibility index (Phi) is 7.77. The normalized spacial score (nSPS) is 21.7. The molecule has 2 rings (SSSR count). The molecule has 0 aliphatic carbocycles. The zero-order valence-electron chi connectivity index (χ0n) is 16.8. The van der Waals surface area contributed by atoms with Gasteiger partial charge in [-0.25, -0.2) is 0 Å². The van der Waals surface area contributed by atoms with Crippen molar-refractivity contribution in [3.63, 3.8) is 0 Å². The molecule has 0 saturated carbocycles. The van der Waals surface area contributed by atoms with E-state index in [1.165, 1.54) is 7.11 Å². The Balaban J connectivity index is 2.08. The fourth-order valence-corrected chi connectivity index (χ4v) is 3.55. The largest absolute Gasteiger partial charge is 0.375 e. The van der Waals surface area contributed by atoms with Gasteiger partial charge in [0.25, 0.3) is 0 Å². The lowest BCUT2D eigenvalue weighted by molar-refractivity contribution is -0.130. The minimum Gasteiger partial charge on any atom is -0.375 e. The Labute approximate surface area is 161 Å². The van der Waals surface area contributed by atoms with Crippen LogP contribution in [0.4, 0.5) is 11.4 Å². The Morgan fingerprint density at radius 2 is 1.78 bits per heavy atom. The first-order valence-corrected chi connectivity index (χ1v) is 9.39. The van der Waals surface area contributed by atoms with Gasteiger partial charge in [-0.2, -0.15) is 0 Å². The van der Waals surface area contributed by atoms with E-state index in [1.54, 1.807) is 18.2 Å². The average molecular weight is 377 g/mol. The lowest BCUT2D eigenvalue weighted by atomic mass is 9.99. The van der Waals surface area contributed by atoms with Crippen molar-refractivity contribution >= 4 is 23.2 Å². The summed E-state index contributed by atoms with van der Waals surface area (Å²) in [7, 11) is 1.47. The lowest BCUT2D eigenvalue weighted by Crippen LogP contribution is -2.55. The molecule has 0 spiro atoms. The summed E-state index contributed by atoms with van der Waals surface area (Å²) in [4.78, 5) is 26.9. The number of nitrogens with one attached hydrogen (secondary N) is 2. The number of benzene rings is 1. The summed E-state index contributed by atoms with van der Waals surface area (Å²) in [5.41, 5.74) is 1.26. The molecular formula is C20H31N3O4. The molecular weight excluding hydrogens is 346 g/mol. The van der Waals surface area contributed by atoms with Crippen molar-refractivity contribution in [3.05, 3.63) is 24.3 Å². The van der Waals surface area contributed by atoms with Crippen molar-refractivity contribution in [2.75, 3.05) is 37.4 Å². The number of carbonyl (C=O) groups is 2. The van der Waals surface area contributed by atoms with Gasteiger partial charge < -0.3 is 20.1 Å². The fraction of sp³-hybridized carbons (Fsp3) is 0.600. The first-order chi connectivity index (χ1) is 12.8.